The molecule has 2 fully saturated rings. The Hall–Kier alpha value is -0.570. The van der Waals surface area contributed by atoms with Crippen LogP contribution in [0.2, 0.25) is 0 Å². The minimum atomic E-state index is 0.290. The normalized spacial score (nSPS) is 34.7. The number of piperidine rings is 1. The minimum absolute atomic E-state index is 0.290. The summed E-state index contributed by atoms with van der Waals surface area (Å²) in [5.74, 6) is 1.50. The second kappa shape index (κ2) is 5.85. The number of nitrogens with zero attached hydrogens (tertiary/aromatic N) is 1. The number of hydrogen-bond acceptors (Lipinski definition) is 2. The van der Waals surface area contributed by atoms with Gasteiger partial charge in [-0.1, -0.05) is 6.92 Å². The lowest BCUT2D eigenvalue weighted by molar-refractivity contribution is -0.140. The van der Waals surface area contributed by atoms with E-state index < -0.39 is 0 Å². The number of hydrogen-bond donors (Lipinski definition) is 1. The highest BCUT2D eigenvalue weighted by molar-refractivity contribution is 5.79. The third kappa shape index (κ3) is 3.01. The van der Waals surface area contributed by atoms with Crippen LogP contribution in [0, 0.1) is 11.8 Å². The topological polar surface area (TPSA) is 46.3 Å². The maximum atomic E-state index is 12.5. The summed E-state index contributed by atoms with van der Waals surface area (Å²) in [6.45, 7) is 3.87. The maximum absolute atomic E-state index is 12.5. The summed E-state index contributed by atoms with van der Waals surface area (Å²) in [6.07, 6.45) is 8.11. The lowest BCUT2D eigenvalue weighted by Gasteiger charge is -2.38. The number of amides is 1. The fraction of sp³-hybridized carbons (Fsp3) is 0.929. The van der Waals surface area contributed by atoms with Crippen molar-refractivity contribution in [2.45, 2.75) is 57.9 Å². The Balaban J connectivity index is 1.93. The molecule has 1 atom stereocenters. The van der Waals surface area contributed by atoms with Gasteiger partial charge >= 0.3 is 0 Å². The van der Waals surface area contributed by atoms with Gasteiger partial charge in [0.2, 0.25) is 5.91 Å². The summed E-state index contributed by atoms with van der Waals surface area (Å²) in [4.78, 5) is 14.6. The van der Waals surface area contributed by atoms with Crippen LogP contribution in [-0.2, 0) is 4.79 Å². The first kappa shape index (κ1) is 12.9. The minimum Gasteiger partial charge on any atom is -0.338 e. The van der Waals surface area contributed by atoms with Gasteiger partial charge in [-0.15, -0.1) is 0 Å². The van der Waals surface area contributed by atoms with E-state index in [1.807, 2.05) is 0 Å². The van der Waals surface area contributed by atoms with E-state index in [4.69, 9.17) is 5.73 Å². The van der Waals surface area contributed by atoms with E-state index in [1.165, 1.54) is 19.3 Å². The van der Waals surface area contributed by atoms with Crippen LogP contribution in [0.15, 0.2) is 0 Å². The summed E-state index contributed by atoms with van der Waals surface area (Å²) >= 11 is 0. The highest BCUT2D eigenvalue weighted by Crippen LogP contribution is 2.31. The molecule has 1 saturated carbocycles. The number of carbonyl (C=O) groups is 1. The van der Waals surface area contributed by atoms with Gasteiger partial charge in [-0.2, -0.15) is 0 Å². The van der Waals surface area contributed by atoms with Crippen LogP contribution in [0.25, 0.3) is 0 Å². The molecule has 0 aromatic heterocycles. The smallest absolute Gasteiger partial charge is 0.225 e. The second-order valence-electron chi connectivity index (χ2n) is 5.87. The van der Waals surface area contributed by atoms with Crippen molar-refractivity contribution >= 4 is 5.91 Å². The van der Waals surface area contributed by atoms with Crippen LogP contribution >= 0.6 is 0 Å². The Labute approximate surface area is 105 Å². The molecule has 0 aromatic rings. The Morgan fingerprint density at radius 3 is 2.53 bits per heavy atom. The summed E-state index contributed by atoms with van der Waals surface area (Å²) in [5, 5.41) is 0. The lowest BCUT2D eigenvalue weighted by atomic mass is 9.82. The molecule has 1 heterocycles. The summed E-state index contributed by atoms with van der Waals surface area (Å²) < 4.78 is 0. The summed E-state index contributed by atoms with van der Waals surface area (Å²) in [7, 11) is 0. The first-order valence-corrected chi connectivity index (χ1v) is 7.23. The lowest BCUT2D eigenvalue weighted by Crippen LogP contribution is -2.50. The summed E-state index contributed by atoms with van der Waals surface area (Å²) in [6, 6.07) is 0.315. The van der Waals surface area contributed by atoms with Crippen molar-refractivity contribution in [1.29, 1.82) is 0 Å². The largest absolute Gasteiger partial charge is 0.338 e. The second-order valence-corrected chi connectivity index (χ2v) is 5.87. The van der Waals surface area contributed by atoms with Crippen LogP contribution < -0.4 is 5.73 Å². The molecular formula is C14H26N2O. The van der Waals surface area contributed by atoms with Gasteiger partial charge in [0.1, 0.15) is 0 Å². The SMILES string of the molecule is CC1CCC(C(=O)N2CCCCC2CN)CC1. The Morgan fingerprint density at radius 2 is 1.88 bits per heavy atom. The number of carbonyl (C=O) groups excluding carboxylic acids is 1. The zero-order valence-electron chi connectivity index (χ0n) is 11.0. The fourth-order valence-electron chi connectivity index (χ4n) is 3.28. The number of likely N-dealkylation sites (tertiary alicyclic amines) is 1. The predicted molar refractivity (Wildman–Crippen MR) is 69.5 cm³/mol. The van der Waals surface area contributed by atoms with E-state index in [0.717, 1.165) is 38.1 Å². The number of rotatable bonds is 2. The van der Waals surface area contributed by atoms with E-state index in [1.54, 1.807) is 0 Å². The average molecular weight is 238 g/mol. The van der Waals surface area contributed by atoms with Crippen molar-refractivity contribution in [1.82, 2.24) is 4.90 Å². The third-order valence-corrected chi connectivity index (χ3v) is 4.55. The van der Waals surface area contributed by atoms with Crippen LogP contribution in [0.5, 0.6) is 0 Å². The Bertz CT molecular complexity index is 259. The molecule has 1 saturated heterocycles. The average Bonchev–Trinajstić information content (AvgIpc) is 2.39. The fourth-order valence-corrected chi connectivity index (χ4v) is 3.28. The van der Waals surface area contributed by atoms with E-state index >= 15 is 0 Å². The third-order valence-electron chi connectivity index (χ3n) is 4.55. The van der Waals surface area contributed by atoms with Gasteiger partial charge in [-0.25, -0.2) is 0 Å². The van der Waals surface area contributed by atoms with Gasteiger partial charge < -0.3 is 10.6 Å². The molecule has 1 amide bonds. The van der Waals surface area contributed by atoms with E-state index in [9.17, 15) is 4.79 Å². The van der Waals surface area contributed by atoms with Gasteiger partial charge in [0.25, 0.3) is 0 Å². The van der Waals surface area contributed by atoms with Crippen molar-refractivity contribution in [3.05, 3.63) is 0 Å². The molecule has 1 aliphatic heterocycles. The molecule has 3 heteroatoms. The standard InChI is InChI=1S/C14H26N2O/c1-11-5-7-12(8-6-11)14(17)16-9-3-2-4-13(16)10-15/h11-13H,2-10,15H2,1H3. The highest BCUT2D eigenvalue weighted by atomic mass is 16.2. The first-order valence-electron chi connectivity index (χ1n) is 7.23. The van der Waals surface area contributed by atoms with Crippen molar-refractivity contribution in [2.24, 2.45) is 17.6 Å². The molecule has 1 unspecified atom stereocenters. The molecule has 0 radical (unpaired) electrons. The van der Waals surface area contributed by atoms with E-state index in [2.05, 4.69) is 11.8 Å². The predicted octanol–water partition coefficient (Wildman–Crippen LogP) is 2.15. The molecule has 3 nitrogen and oxygen atoms in total. The molecule has 2 N–H and O–H groups in total. The van der Waals surface area contributed by atoms with Crippen LogP contribution in [-0.4, -0.2) is 29.9 Å². The van der Waals surface area contributed by atoms with Gasteiger partial charge in [0, 0.05) is 25.0 Å². The quantitative estimate of drug-likeness (QED) is 0.801. The van der Waals surface area contributed by atoms with Crippen molar-refractivity contribution < 1.29 is 4.79 Å². The molecule has 98 valence electrons. The summed E-state index contributed by atoms with van der Waals surface area (Å²) in [5.41, 5.74) is 5.79. The van der Waals surface area contributed by atoms with Crippen LogP contribution in [0.4, 0.5) is 0 Å². The molecule has 2 rings (SSSR count). The van der Waals surface area contributed by atoms with Crippen molar-refractivity contribution in [3.63, 3.8) is 0 Å². The molecule has 0 spiro atoms. The molecule has 17 heavy (non-hydrogen) atoms. The van der Waals surface area contributed by atoms with Crippen LogP contribution in [0.1, 0.15) is 51.9 Å². The molecular weight excluding hydrogens is 212 g/mol. The van der Waals surface area contributed by atoms with E-state index in [-0.39, 0.29) is 0 Å². The Kier molecular flexibility index (Phi) is 4.43. The van der Waals surface area contributed by atoms with E-state index in [0.29, 0.717) is 24.4 Å². The molecule has 1 aliphatic carbocycles. The van der Waals surface area contributed by atoms with Gasteiger partial charge in [0.15, 0.2) is 0 Å². The van der Waals surface area contributed by atoms with Crippen LogP contribution in [0.3, 0.4) is 0 Å². The maximum Gasteiger partial charge on any atom is 0.225 e. The zero-order chi connectivity index (χ0) is 12.3. The van der Waals surface area contributed by atoms with Gasteiger partial charge in [-0.05, 0) is 50.9 Å². The Morgan fingerprint density at radius 1 is 1.18 bits per heavy atom. The highest BCUT2D eigenvalue weighted by Gasteiger charge is 2.32. The zero-order valence-corrected chi connectivity index (χ0v) is 11.0. The first-order chi connectivity index (χ1) is 8.22. The van der Waals surface area contributed by atoms with Crippen molar-refractivity contribution in [2.75, 3.05) is 13.1 Å². The van der Waals surface area contributed by atoms with Gasteiger partial charge in [-0.3, -0.25) is 4.79 Å². The monoisotopic (exact) mass is 238 g/mol. The molecule has 0 bridgehead atoms. The molecule has 2 aliphatic rings. The number of nitrogens with two attached hydrogens (primary N) is 1. The molecule has 0 aromatic carbocycles. The van der Waals surface area contributed by atoms with Gasteiger partial charge in [0.05, 0.1) is 0 Å². The van der Waals surface area contributed by atoms with Crippen molar-refractivity contribution in [3.8, 4) is 0 Å².